The largest absolute Gasteiger partial charge is 0.0654 e. The van der Waals surface area contributed by atoms with Gasteiger partial charge in [0, 0.05) is 0 Å². The van der Waals surface area contributed by atoms with Gasteiger partial charge in [0.1, 0.15) is 0 Å². The molecule has 0 aliphatic heterocycles. The first-order valence-electron chi connectivity index (χ1n) is 8.22. The lowest BCUT2D eigenvalue weighted by molar-refractivity contribution is 0.492. The van der Waals surface area contributed by atoms with E-state index in [0.29, 0.717) is 0 Å². The molecule has 106 valence electrons. The zero-order chi connectivity index (χ0) is 13.4. The van der Waals surface area contributed by atoms with E-state index in [-0.39, 0.29) is 0 Å². The van der Waals surface area contributed by atoms with Gasteiger partial charge in [-0.2, -0.15) is 0 Å². The van der Waals surface area contributed by atoms with Gasteiger partial charge in [-0.05, 0) is 5.92 Å². The molecule has 0 aromatic heterocycles. The summed E-state index contributed by atoms with van der Waals surface area (Å²) in [6.07, 6.45) is 15.5. The summed E-state index contributed by atoms with van der Waals surface area (Å²) in [6, 6.07) is 0. The minimum absolute atomic E-state index is 0.954. The van der Waals surface area contributed by atoms with Gasteiger partial charge in [-0.25, -0.2) is 0 Å². The molecule has 1 atom stereocenters. The van der Waals surface area contributed by atoms with Crippen LogP contribution in [-0.2, 0) is 0 Å². The third kappa shape index (κ3) is 21.8. The minimum atomic E-state index is 0.954. The van der Waals surface area contributed by atoms with E-state index >= 15 is 0 Å². The van der Waals surface area contributed by atoms with Gasteiger partial charge >= 0.3 is 0 Å². The lowest BCUT2D eigenvalue weighted by atomic mass is 10.0. The lowest BCUT2D eigenvalue weighted by Crippen LogP contribution is -1.89. The van der Waals surface area contributed by atoms with Gasteiger partial charge < -0.3 is 0 Å². The highest BCUT2D eigenvalue weighted by Crippen LogP contribution is 2.09. The maximum absolute atomic E-state index is 2.33. The summed E-state index contributed by atoms with van der Waals surface area (Å²) in [5.74, 6) is 0.954. The molecule has 0 N–H and O–H groups in total. The molecule has 0 saturated carbocycles. The zero-order valence-corrected chi connectivity index (χ0v) is 13.4. The molecule has 0 aliphatic rings. The fourth-order valence-corrected chi connectivity index (χ4v) is 1.79. The average Bonchev–Trinajstić information content (AvgIpc) is 2.36. The topological polar surface area (TPSA) is 0 Å². The SMILES string of the molecule is CCCCC(C)CC.CCCCCCCCC. The standard InChI is InChI=1S/C9H20.C8H18/c1-3-5-7-9-8-6-4-2;1-4-6-7-8(3)5-2/h3-9H2,1-2H3;8H,4-7H2,1-3H3. The molecule has 0 heterocycles. The Morgan fingerprint density at radius 2 is 1.00 bits per heavy atom. The van der Waals surface area contributed by atoms with Crippen molar-refractivity contribution in [3.63, 3.8) is 0 Å². The van der Waals surface area contributed by atoms with Gasteiger partial charge in [0.05, 0.1) is 0 Å². The fourth-order valence-electron chi connectivity index (χ4n) is 1.79. The Morgan fingerprint density at radius 3 is 1.35 bits per heavy atom. The van der Waals surface area contributed by atoms with Gasteiger partial charge in [-0.3, -0.25) is 0 Å². The minimum Gasteiger partial charge on any atom is -0.0654 e. The van der Waals surface area contributed by atoms with E-state index in [0.717, 1.165) is 5.92 Å². The van der Waals surface area contributed by atoms with Crippen molar-refractivity contribution in [2.24, 2.45) is 5.92 Å². The van der Waals surface area contributed by atoms with E-state index in [9.17, 15) is 0 Å². The Hall–Kier alpha value is 0. The molecule has 0 fully saturated rings. The van der Waals surface area contributed by atoms with E-state index in [4.69, 9.17) is 0 Å². The highest BCUT2D eigenvalue weighted by Gasteiger charge is 1.94. The normalized spacial score (nSPS) is 11.8. The van der Waals surface area contributed by atoms with Crippen molar-refractivity contribution in [1.29, 1.82) is 0 Å². The molecule has 0 aromatic carbocycles. The molecule has 0 heteroatoms. The Balaban J connectivity index is 0. The average molecular weight is 242 g/mol. The second kappa shape index (κ2) is 18.4. The van der Waals surface area contributed by atoms with Crippen molar-refractivity contribution in [3.05, 3.63) is 0 Å². The van der Waals surface area contributed by atoms with Crippen molar-refractivity contribution >= 4 is 0 Å². The van der Waals surface area contributed by atoms with Gasteiger partial charge in [-0.1, -0.05) is 105 Å². The Morgan fingerprint density at radius 1 is 0.588 bits per heavy atom. The van der Waals surface area contributed by atoms with Crippen molar-refractivity contribution in [2.75, 3.05) is 0 Å². The number of rotatable bonds is 10. The summed E-state index contributed by atoms with van der Waals surface area (Å²) < 4.78 is 0. The number of hydrogen-bond donors (Lipinski definition) is 0. The number of hydrogen-bond acceptors (Lipinski definition) is 0. The molecule has 0 aromatic rings. The monoisotopic (exact) mass is 242 g/mol. The van der Waals surface area contributed by atoms with Crippen LogP contribution in [0.1, 0.15) is 105 Å². The second-order valence-corrected chi connectivity index (χ2v) is 5.42. The van der Waals surface area contributed by atoms with Crippen molar-refractivity contribution in [2.45, 2.75) is 105 Å². The van der Waals surface area contributed by atoms with Crippen LogP contribution in [0.15, 0.2) is 0 Å². The van der Waals surface area contributed by atoms with Crippen LogP contribution in [-0.4, -0.2) is 0 Å². The van der Waals surface area contributed by atoms with E-state index in [1.807, 2.05) is 0 Å². The van der Waals surface area contributed by atoms with Crippen LogP contribution >= 0.6 is 0 Å². The van der Waals surface area contributed by atoms with Crippen LogP contribution < -0.4 is 0 Å². The predicted molar refractivity (Wildman–Crippen MR) is 82.6 cm³/mol. The summed E-state index contributed by atoms with van der Waals surface area (Å²) in [6.45, 7) is 11.4. The van der Waals surface area contributed by atoms with Crippen molar-refractivity contribution in [3.8, 4) is 0 Å². The van der Waals surface area contributed by atoms with Crippen molar-refractivity contribution in [1.82, 2.24) is 0 Å². The molecule has 0 bridgehead atoms. The molecular formula is C17H38. The molecule has 0 radical (unpaired) electrons. The molecule has 0 amide bonds. The van der Waals surface area contributed by atoms with Crippen LogP contribution in [0.4, 0.5) is 0 Å². The Labute approximate surface area is 112 Å². The first kappa shape index (κ1) is 19.3. The van der Waals surface area contributed by atoms with Crippen LogP contribution in [0.25, 0.3) is 0 Å². The molecule has 0 aliphatic carbocycles. The first-order chi connectivity index (χ1) is 8.22. The molecule has 0 nitrogen and oxygen atoms in total. The molecule has 0 rings (SSSR count). The highest BCUT2D eigenvalue weighted by molar-refractivity contribution is 4.47. The van der Waals surface area contributed by atoms with E-state index in [1.165, 1.54) is 70.6 Å². The summed E-state index contributed by atoms with van der Waals surface area (Å²) in [4.78, 5) is 0. The predicted octanol–water partition coefficient (Wildman–Crippen LogP) is 6.98. The fraction of sp³-hybridized carbons (Fsp3) is 1.00. The molecule has 0 spiro atoms. The van der Waals surface area contributed by atoms with Gasteiger partial charge in [0.25, 0.3) is 0 Å². The first-order valence-corrected chi connectivity index (χ1v) is 8.22. The maximum atomic E-state index is 2.33. The molecule has 0 saturated heterocycles. The van der Waals surface area contributed by atoms with Gasteiger partial charge in [0.15, 0.2) is 0 Å². The number of unbranched alkanes of at least 4 members (excludes halogenated alkanes) is 7. The summed E-state index contributed by atoms with van der Waals surface area (Å²) in [5.41, 5.74) is 0. The van der Waals surface area contributed by atoms with Crippen molar-refractivity contribution < 1.29 is 0 Å². The Bertz CT molecular complexity index is 101. The summed E-state index contributed by atoms with van der Waals surface area (Å²) in [7, 11) is 0. The molecule has 1 unspecified atom stereocenters. The quantitative estimate of drug-likeness (QED) is 0.362. The third-order valence-corrected chi connectivity index (χ3v) is 3.45. The Kier molecular flexibility index (Phi) is 20.9. The van der Waals surface area contributed by atoms with E-state index < -0.39 is 0 Å². The van der Waals surface area contributed by atoms with E-state index in [1.54, 1.807) is 0 Å². The smallest absolute Gasteiger partial charge is 0.0445 e. The summed E-state index contributed by atoms with van der Waals surface area (Å²) in [5, 5.41) is 0. The van der Waals surface area contributed by atoms with E-state index in [2.05, 4.69) is 34.6 Å². The highest BCUT2D eigenvalue weighted by atomic mass is 14.0. The zero-order valence-electron chi connectivity index (χ0n) is 13.4. The van der Waals surface area contributed by atoms with Crippen LogP contribution in [0.3, 0.4) is 0 Å². The molecular weight excluding hydrogens is 204 g/mol. The summed E-state index contributed by atoms with van der Waals surface area (Å²) >= 11 is 0. The van der Waals surface area contributed by atoms with Crippen LogP contribution in [0, 0.1) is 5.92 Å². The maximum Gasteiger partial charge on any atom is -0.0445 e. The second-order valence-electron chi connectivity index (χ2n) is 5.42. The van der Waals surface area contributed by atoms with Crippen LogP contribution in [0.5, 0.6) is 0 Å². The van der Waals surface area contributed by atoms with Crippen LogP contribution in [0.2, 0.25) is 0 Å². The molecule has 17 heavy (non-hydrogen) atoms. The third-order valence-electron chi connectivity index (χ3n) is 3.45. The van der Waals surface area contributed by atoms with Gasteiger partial charge in [-0.15, -0.1) is 0 Å². The van der Waals surface area contributed by atoms with Gasteiger partial charge in [0.2, 0.25) is 0 Å². The lowest BCUT2D eigenvalue weighted by Gasteiger charge is -2.04.